The van der Waals surface area contributed by atoms with E-state index in [0.717, 1.165) is 18.4 Å². The van der Waals surface area contributed by atoms with E-state index in [9.17, 15) is 13.6 Å². The normalized spacial score (nSPS) is 21.7. The molecule has 1 unspecified atom stereocenters. The molecule has 1 saturated heterocycles. The molecule has 2 aliphatic rings. The number of rotatable bonds is 5. The molecule has 4 heterocycles. The number of piperazine rings is 1. The first-order valence-corrected chi connectivity index (χ1v) is 12.3. The summed E-state index contributed by atoms with van der Waals surface area (Å²) in [6, 6.07) is 8.30. The molecule has 9 nitrogen and oxygen atoms in total. The molecule has 3 atom stereocenters. The molecule has 1 fully saturated rings. The zero-order valence-corrected chi connectivity index (χ0v) is 21.1. The minimum Gasteiger partial charge on any atom is -0.395 e. The fourth-order valence-corrected chi connectivity index (χ4v) is 5.30. The van der Waals surface area contributed by atoms with Gasteiger partial charge in [0.25, 0.3) is 5.82 Å². The quantitative estimate of drug-likeness (QED) is 0.463. The Morgan fingerprint density at radius 2 is 1.84 bits per heavy atom. The van der Waals surface area contributed by atoms with E-state index >= 15 is 0 Å². The van der Waals surface area contributed by atoms with E-state index in [1.165, 1.54) is 10.6 Å². The molecule has 0 N–H and O–H groups in total. The van der Waals surface area contributed by atoms with Gasteiger partial charge in [0.15, 0.2) is 17.3 Å². The summed E-state index contributed by atoms with van der Waals surface area (Å²) in [6.07, 6.45) is -2.05. The maximum atomic E-state index is 13.5. The Morgan fingerprint density at radius 1 is 1.11 bits per heavy atom. The van der Waals surface area contributed by atoms with Crippen molar-refractivity contribution in [3.8, 4) is 11.5 Å². The van der Waals surface area contributed by atoms with Gasteiger partial charge < -0.3 is 19.2 Å². The molecule has 37 heavy (non-hydrogen) atoms. The number of benzene rings is 1. The zero-order valence-electron chi connectivity index (χ0n) is 21.1. The monoisotopic (exact) mass is 510 g/mol. The van der Waals surface area contributed by atoms with Crippen LogP contribution in [0, 0.1) is 6.57 Å². The fourth-order valence-electron chi connectivity index (χ4n) is 5.30. The van der Waals surface area contributed by atoms with Gasteiger partial charge in [-0.2, -0.15) is 4.98 Å². The molecule has 0 aliphatic carbocycles. The lowest BCUT2D eigenvalue weighted by atomic mass is 9.97. The van der Waals surface area contributed by atoms with E-state index in [4.69, 9.17) is 6.57 Å². The molecule has 0 saturated carbocycles. The molecule has 0 bridgehead atoms. The maximum Gasteiger partial charge on any atom is 0.586 e. The highest BCUT2D eigenvalue weighted by atomic mass is 19.3. The van der Waals surface area contributed by atoms with Crippen molar-refractivity contribution < 1.29 is 18.3 Å². The summed E-state index contributed by atoms with van der Waals surface area (Å²) in [5.74, 6) is 0.797. The van der Waals surface area contributed by atoms with E-state index in [-0.39, 0.29) is 41.1 Å². The van der Waals surface area contributed by atoms with E-state index in [2.05, 4.69) is 54.9 Å². The highest BCUT2D eigenvalue weighted by molar-refractivity contribution is 5.87. The third kappa shape index (κ3) is 4.35. The SMILES string of the molecule is [C-]#[N+]c1ccc2c(n1)c(N1C[C@@H](CC)N(C(C)c3ccc4c(c3)OC(F)(F)O4)C[C@@H]1CC)nc(=O)n2C. The predicted molar refractivity (Wildman–Crippen MR) is 134 cm³/mol. The first-order chi connectivity index (χ1) is 17.7. The Balaban J connectivity index is 1.50. The van der Waals surface area contributed by atoms with Crippen molar-refractivity contribution in [1.29, 1.82) is 0 Å². The van der Waals surface area contributed by atoms with Gasteiger partial charge in [-0.1, -0.05) is 26.5 Å². The summed E-state index contributed by atoms with van der Waals surface area (Å²) < 4.78 is 37.8. The number of aryl methyl sites for hydroxylation is 1. The molecule has 2 aliphatic heterocycles. The Bertz CT molecular complexity index is 1450. The molecule has 194 valence electrons. The first-order valence-electron chi connectivity index (χ1n) is 12.3. The van der Waals surface area contributed by atoms with Gasteiger partial charge in [-0.05, 0) is 49.6 Å². The van der Waals surface area contributed by atoms with Crippen LogP contribution in [0.1, 0.15) is 45.2 Å². The van der Waals surface area contributed by atoms with Crippen LogP contribution in [0.5, 0.6) is 11.5 Å². The molecule has 2 aromatic heterocycles. The van der Waals surface area contributed by atoms with Crippen LogP contribution in [0.2, 0.25) is 0 Å². The number of ether oxygens (including phenoxy) is 2. The highest BCUT2D eigenvalue weighted by Crippen LogP contribution is 2.43. The summed E-state index contributed by atoms with van der Waals surface area (Å²) in [6.45, 7) is 14.9. The summed E-state index contributed by atoms with van der Waals surface area (Å²) in [5, 5.41) is 0. The third-order valence-electron chi connectivity index (χ3n) is 7.39. The van der Waals surface area contributed by atoms with Crippen molar-refractivity contribution in [3.63, 3.8) is 0 Å². The predicted octanol–water partition coefficient (Wildman–Crippen LogP) is 4.64. The lowest BCUT2D eigenvalue weighted by molar-refractivity contribution is -0.286. The average molecular weight is 511 g/mol. The minimum absolute atomic E-state index is 0.0183. The Morgan fingerprint density at radius 3 is 2.54 bits per heavy atom. The fraction of sp³-hybridized carbons (Fsp3) is 0.462. The number of pyridine rings is 1. The lowest BCUT2D eigenvalue weighted by Gasteiger charge is -2.49. The minimum atomic E-state index is -3.65. The van der Waals surface area contributed by atoms with Gasteiger partial charge in [0, 0.05) is 38.3 Å². The second kappa shape index (κ2) is 9.27. The highest BCUT2D eigenvalue weighted by Gasteiger charge is 2.44. The van der Waals surface area contributed by atoms with Gasteiger partial charge >= 0.3 is 12.0 Å². The van der Waals surface area contributed by atoms with Crippen LogP contribution in [-0.2, 0) is 7.05 Å². The van der Waals surface area contributed by atoms with Crippen LogP contribution >= 0.6 is 0 Å². The third-order valence-corrected chi connectivity index (χ3v) is 7.39. The van der Waals surface area contributed by atoms with Crippen LogP contribution in [0.4, 0.5) is 20.4 Å². The smallest absolute Gasteiger partial charge is 0.395 e. The van der Waals surface area contributed by atoms with Crippen molar-refractivity contribution in [3.05, 3.63) is 57.8 Å². The maximum absolute atomic E-state index is 13.5. The van der Waals surface area contributed by atoms with Crippen molar-refractivity contribution in [1.82, 2.24) is 19.4 Å². The van der Waals surface area contributed by atoms with Crippen LogP contribution in [0.15, 0.2) is 35.1 Å². The number of hydrogen-bond donors (Lipinski definition) is 0. The molecule has 1 aromatic carbocycles. The summed E-state index contributed by atoms with van der Waals surface area (Å²) in [7, 11) is 1.65. The number of anilines is 1. The number of fused-ring (bicyclic) bond motifs is 2. The number of nitrogens with zero attached hydrogens (tertiary/aromatic N) is 6. The number of alkyl halides is 2. The average Bonchev–Trinajstić information content (AvgIpc) is 3.22. The Kier molecular flexibility index (Phi) is 6.23. The second-order valence-electron chi connectivity index (χ2n) is 9.45. The van der Waals surface area contributed by atoms with Crippen LogP contribution in [-0.4, -0.2) is 50.9 Å². The second-order valence-corrected chi connectivity index (χ2v) is 9.45. The van der Waals surface area contributed by atoms with Gasteiger partial charge in [-0.15, -0.1) is 13.8 Å². The lowest BCUT2D eigenvalue weighted by Crippen LogP contribution is -2.59. The van der Waals surface area contributed by atoms with Crippen LogP contribution in [0.25, 0.3) is 15.9 Å². The summed E-state index contributed by atoms with van der Waals surface area (Å²) >= 11 is 0. The molecule has 0 spiro atoms. The summed E-state index contributed by atoms with van der Waals surface area (Å²) in [5.41, 5.74) is 1.62. The molecule has 3 aromatic rings. The number of aromatic nitrogens is 3. The topological polar surface area (TPSA) is 77.1 Å². The first kappa shape index (κ1) is 24.9. The molecular formula is C26H28F2N6O3. The summed E-state index contributed by atoms with van der Waals surface area (Å²) in [4.78, 5) is 29.6. The van der Waals surface area contributed by atoms with Gasteiger partial charge in [0.1, 0.15) is 0 Å². The van der Waals surface area contributed by atoms with E-state index in [1.807, 2.05) is 0 Å². The van der Waals surface area contributed by atoms with Crippen molar-refractivity contribution in [2.45, 2.75) is 58.0 Å². The van der Waals surface area contributed by atoms with Crippen molar-refractivity contribution in [2.75, 3.05) is 18.0 Å². The van der Waals surface area contributed by atoms with Crippen LogP contribution < -0.4 is 20.1 Å². The van der Waals surface area contributed by atoms with Gasteiger partial charge in [-0.25, -0.2) is 4.79 Å². The molecular weight excluding hydrogens is 482 g/mol. The number of hydrogen-bond acceptors (Lipinski definition) is 7. The number of halogens is 2. The van der Waals surface area contributed by atoms with Gasteiger partial charge in [-0.3, -0.25) is 9.47 Å². The molecule has 0 amide bonds. The molecule has 5 rings (SSSR count). The molecule has 0 radical (unpaired) electrons. The van der Waals surface area contributed by atoms with E-state index in [1.54, 1.807) is 31.3 Å². The molecule has 11 heteroatoms. The van der Waals surface area contributed by atoms with Crippen molar-refractivity contribution in [2.24, 2.45) is 7.05 Å². The van der Waals surface area contributed by atoms with E-state index in [0.29, 0.717) is 29.9 Å². The largest absolute Gasteiger partial charge is 0.586 e. The Hall–Kier alpha value is -3.78. The Labute approximate surface area is 213 Å². The van der Waals surface area contributed by atoms with Crippen molar-refractivity contribution >= 4 is 22.7 Å². The van der Waals surface area contributed by atoms with Crippen LogP contribution in [0.3, 0.4) is 0 Å². The van der Waals surface area contributed by atoms with Gasteiger partial charge in [0.2, 0.25) is 5.52 Å². The van der Waals surface area contributed by atoms with E-state index < -0.39 is 6.29 Å². The van der Waals surface area contributed by atoms with Gasteiger partial charge in [0.05, 0.1) is 5.52 Å². The zero-order chi connectivity index (χ0) is 26.5. The standard InChI is InChI=1S/C26H28F2N6O3/c1-6-17-14-34(24-23-19(32(5)25(35)31-24)9-11-22(29-4)30-23)18(7-2)13-33(17)15(3)16-8-10-20-21(12-16)37-26(27,28)36-20/h8-12,15,17-18H,6-7,13-14H2,1-3,5H3/t15?,17-,18+/m1/s1.